The number of sulfonamides is 1. The summed E-state index contributed by atoms with van der Waals surface area (Å²) in [5, 5.41) is 4.41. The van der Waals surface area contributed by atoms with Crippen molar-refractivity contribution in [2.75, 3.05) is 26.2 Å². The summed E-state index contributed by atoms with van der Waals surface area (Å²) in [5.41, 5.74) is 0. The lowest BCUT2D eigenvalue weighted by Gasteiger charge is -2.33. The SMILES string of the molecule is O=S(=O)(c1ccc(Cl)cc1)N1CCN(Cc2nc(-c3ccco3)no2)CC1. The maximum absolute atomic E-state index is 12.7. The zero-order valence-corrected chi connectivity index (χ0v) is 15.9. The molecule has 0 unspecified atom stereocenters. The summed E-state index contributed by atoms with van der Waals surface area (Å²) in [4.78, 5) is 6.64. The summed E-state index contributed by atoms with van der Waals surface area (Å²) in [7, 11) is -3.52. The molecule has 1 fully saturated rings. The molecule has 3 heterocycles. The molecular weight excluding hydrogens is 392 g/mol. The van der Waals surface area contributed by atoms with Crippen LogP contribution in [0, 0.1) is 0 Å². The minimum Gasteiger partial charge on any atom is -0.461 e. The number of aromatic nitrogens is 2. The molecule has 0 atom stereocenters. The van der Waals surface area contributed by atoms with E-state index in [1.54, 1.807) is 30.5 Å². The van der Waals surface area contributed by atoms with Gasteiger partial charge in [-0.1, -0.05) is 16.8 Å². The molecule has 142 valence electrons. The van der Waals surface area contributed by atoms with Crippen LogP contribution in [0.3, 0.4) is 0 Å². The van der Waals surface area contributed by atoms with E-state index in [0.29, 0.717) is 55.2 Å². The highest BCUT2D eigenvalue weighted by atomic mass is 35.5. The van der Waals surface area contributed by atoms with E-state index >= 15 is 0 Å². The number of rotatable bonds is 5. The smallest absolute Gasteiger partial charge is 0.243 e. The molecular formula is C17H17ClN4O4S. The predicted molar refractivity (Wildman–Crippen MR) is 97.5 cm³/mol. The largest absolute Gasteiger partial charge is 0.461 e. The van der Waals surface area contributed by atoms with E-state index in [9.17, 15) is 8.42 Å². The Morgan fingerprint density at radius 3 is 2.48 bits per heavy atom. The molecule has 2 aromatic heterocycles. The lowest BCUT2D eigenvalue weighted by Crippen LogP contribution is -2.48. The first-order chi connectivity index (χ1) is 13.0. The lowest BCUT2D eigenvalue weighted by molar-refractivity contribution is 0.163. The van der Waals surface area contributed by atoms with Crippen molar-refractivity contribution in [2.24, 2.45) is 0 Å². The van der Waals surface area contributed by atoms with Gasteiger partial charge in [0.15, 0.2) is 5.76 Å². The van der Waals surface area contributed by atoms with Gasteiger partial charge in [0.2, 0.25) is 21.7 Å². The molecule has 0 saturated carbocycles. The fraction of sp³-hybridized carbons (Fsp3) is 0.294. The van der Waals surface area contributed by atoms with Crippen molar-refractivity contribution in [3.8, 4) is 11.6 Å². The second kappa shape index (κ2) is 7.43. The molecule has 27 heavy (non-hydrogen) atoms. The second-order valence-corrected chi connectivity index (χ2v) is 8.50. The molecule has 1 aromatic carbocycles. The highest BCUT2D eigenvalue weighted by Crippen LogP contribution is 2.21. The molecule has 1 aliphatic rings. The number of piperazine rings is 1. The second-order valence-electron chi connectivity index (χ2n) is 6.12. The quantitative estimate of drug-likeness (QED) is 0.640. The topological polar surface area (TPSA) is 92.7 Å². The van der Waals surface area contributed by atoms with E-state index in [1.807, 2.05) is 0 Å². The van der Waals surface area contributed by atoms with Gasteiger partial charge in [-0.25, -0.2) is 8.42 Å². The van der Waals surface area contributed by atoms with Gasteiger partial charge in [0.1, 0.15) is 0 Å². The van der Waals surface area contributed by atoms with Crippen LogP contribution in [0.25, 0.3) is 11.6 Å². The van der Waals surface area contributed by atoms with Crippen LogP contribution in [0.2, 0.25) is 5.02 Å². The molecule has 0 amide bonds. The normalized spacial score (nSPS) is 16.6. The van der Waals surface area contributed by atoms with E-state index in [2.05, 4.69) is 15.0 Å². The third-order valence-corrected chi connectivity index (χ3v) is 6.52. The van der Waals surface area contributed by atoms with Gasteiger partial charge in [0.05, 0.1) is 17.7 Å². The number of furan rings is 1. The summed E-state index contributed by atoms with van der Waals surface area (Å²) in [6, 6.07) is 9.73. The number of benzene rings is 1. The van der Waals surface area contributed by atoms with Crippen LogP contribution in [-0.4, -0.2) is 53.9 Å². The minimum absolute atomic E-state index is 0.250. The number of halogens is 1. The molecule has 0 bridgehead atoms. The van der Waals surface area contributed by atoms with Crippen molar-refractivity contribution in [1.82, 2.24) is 19.3 Å². The molecule has 3 aromatic rings. The minimum atomic E-state index is -3.52. The van der Waals surface area contributed by atoms with E-state index in [4.69, 9.17) is 20.5 Å². The first kappa shape index (κ1) is 18.2. The van der Waals surface area contributed by atoms with Crippen LogP contribution < -0.4 is 0 Å². The maximum Gasteiger partial charge on any atom is 0.243 e. The number of hydrogen-bond donors (Lipinski definition) is 0. The number of hydrogen-bond acceptors (Lipinski definition) is 7. The molecule has 0 radical (unpaired) electrons. The van der Waals surface area contributed by atoms with Gasteiger partial charge in [-0.15, -0.1) is 0 Å². The molecule has 10 heteroatoms. The van der Waals surface area contributed by atoms with Crippen molar-refractivity contribution in [3.05, 3.63) is 53.6 Å². The summed E-state index contributed by atoms with van der Waals surface area (Å²) in [5.74, 6) is 1.42. The fourth-order valence-corrected chi connectivity index (χ4v) is 4.45. The predicted octanol–water partition coefficient (Wildman–Crippen LogP) is 2.49. The van der Waals surface area contributed by atoms with E-state index < -0.39 is 10.0 Å². The molecule has 1 saturated heterocycles. The molecule has 0 N–H and O–H groups in total. The Hall–Kier alpha value is -2.20. The first-order valence-corrected chi connectivity index (χ1v) is 10.2. The van der Waals surface area contributed by atoms with Gasteiger partial charge in [0, 0.05) is 31.2 Å². The summed E-state index contributed by atoms with van der Waals surface area (Å²) in [6.07, 6.45) is 1.55. The molecule has 0 aliphatic carbocycles. The van der Waals surface area contributed by atoms with Crippen LogP contribution in [0.1, 0.15) is 5.89 Å². The Balaban J connectivity index is 1.37. The third kappa shape index (κ3) is 3.91. The highest BCUT2D eigenvalue weighted by Gasteiger charge is 2.29. The maximum atomic E-state index is 12.7. The Labute approximate surface area is 161 Å². The Bertz CT molecular complexity index is 994. The summed E-state index contributed by atoms with van der Waals surface area (Å²) < 4.78 is 37.4. The van der Waals surface area contributed by atoms with Gasteiger partial charge >= 0.3 is 0 Å². The van der Waals surface area contributed by atoms with Crippen molar-refractivity contribution in [1.29, 1.82) is 0 Å². The van der Waals surface area contributed by atoms with Gasteiger partial charge < -0.3 is 8.94 Å². The van der Waals surface area contributed by atoms with Gasteiger partial charge in [-0.05, 0) is 36.4 Å². The summed E-state index contributed by atoms with van der Waals surface area (Å²) >= 11 is 5.84. The zero-order valence-electron chi connectivity index (χ0n) is 14.3. The van der Waals surface area contributed by atoms with Crippen molar-refractivity contribution >= 4 is 21.6 Å². The van der Waals surface area contributed by atoms with Crippen LogP contribution in [0.15, 0.2) is 56.5 Å². The van der Waals surface area contributed by atoms with Crippen LogP contribution >= 0.6 is 11.6 Å². The van der Waals surface area contributed by atoms with E-state index in [-0.39, 0.29) is 4.90 Å². The highest BCUT2D eigenvalue weighted by molar-refractivity contribution is 7.89. The standard InChI is InChI=1S/C17H17ClN4O4S/c18-13-3-5-14(6-4-13)27(23,24)22-9-7-21(8-10-22)12-16-19-17(20-26-16)15-2-1-11-25-15/h1-6,11H,7-10,12H2. The average Bonchev–Trinajstić information content (AvgIpc) is 3.34. The zero-order chi connectivity index (χ0) is 18.9. The van der Waals surface area contributed by atoms with Crippen molar-refractivity contribution < 1.29 is 17.4 Å². The van der Waals surface area contributed by atoms with Crippen LogP contribution in [0.5, 0.6) is 0 Å². The Morgan fingerprint density at radius 2 is 1.81 bits per heavy atom. The van der Waals surface area contributed by atoms with Crippen molar-refractivity contribution in [3.63, 3.8) is 0 Å². The molecule has 0 spiro atoms. The third-order valence-electron chi connectivity index (χ3n) is 4.35. The fourth-order valence-electron chi connectivity index (χ4n) is 2.90. The number of nitrogens with zero attached hydrogens (tertiary/aromatic N) is 4. The van der Waals surface area contributed by atoms with Crippen LogP contribution in [-0.2, 0) is 16.6 Å². The Morgan fingerprint density at radius 1 is 1.07 bits per heavy atom. The van der Waals surface area contributed by atoms with E-state index in [0.717, 1.165) is 0 Å². The summed E-state index contributed by atoms with van der Waals surface area (Å²) in [6.45, 7) is 2.40. The molecule has 1 aliphatic heterocycles. The first-order valence-electron chi connectivity index (χ1n) is 8.37. The molecule has 8 nitrogen and oxygen atoms in total. The van der Waals surface area contributed by atoms with Gasteiger partial charge in [-0.3, -0.25) is 4.90 Å². The average molecular weight is 409 g/mol. The van der Waals surface area contributed by atoms with Gasteiger partial charge in [-0.2, -0.15) is 9.29 Å². The lowest BCUT2D eigenvalue weighted by atomic mass is 10.3. The van der Waals surface area contributed by atoms with Gasteiger partial charge in [0.25, 0.3) is 0 Å². The monoisotopic (exact) mass is 408 g/mol. The van der Waals surface area contributed by atoms with Crippen molar-refractivity contribution in [2.45, 2.75) is 11.4 Å². The van der Waals surface area contributed by atoms with Crippen LogP contribution in [0.4, 0.5) is 0 Å². The molecule has 4 rings (SSSR count). The van der Waals surface area contributed by atoms with E-state index in [1.165, 1.54) is 16.4 Å². The Kier molecular flexibility index (Phi) is 5.00.